The summed E-state index contributed by atoms with van der Waals surface area (Å²) in [6, 6.07) is 15.0. The molecule has 3 N–H and O–H groups in total. The zero-order valence-corrected chi connectivity index (χ0v) is 16.3. The van der Waals surface area contributed by atoms with Crippen molar-refractivity contribution < 1.29 is 14.0 Å². The molecule has 146 valence electrons. The number of carbonyl (C=O) groups is 2. The number of nitrogens with zero attached hydrogens (tertiary/aromatic N) is 1. The van der Waals surface area contributed by atoms with Gasteiger partial charge in [0.25, 0.3) is 5.91 Å². The number of thiophene rings is 1. The monoisotopic (exact) mass is 408 g/mol. The number of hydrogen-bond acceptors (Lipinski definition) is 4. The molecule has 0 saturated carbocycles. The van der Waals surface area contributed by atoms with Crippen molar-refractivity contribution in [3.63, 3.8) is 0 Å². The molecule has 6 nitrogen and oxygen atoms in total. The Hall–Kier alpha value is -3.52. The van der Waals surface area contributed by atoms with Gasteiger partial charge < -0.3 is 10.6 Å². The smallest absolute Gasteiger partial charge is 0.265 e. The van der Waals surface area contributed by atoms with E-state index in [2.05, 4.69) is 20.8 Å². The number of anilines is 2. The van der Waals surface area contributed by atoms with Crippen LogP contribution in [0, 0.1) is 12.7 Å². The molecular formula is C21H17FN4O2S. The predicted molar refractivity (Wildman–Crippen MR) is 112 cm³/mol. The second-order valence-electron chi connectivity index (χ2n) is 6.60. The normalized spacial score (nSPS) is 10.8. The average Bonchev–Trinajstić information content (AvgIpc) is 3.26. The molecule has 29 heavy (non-hydrogen) atoms. The van der Waals surface area contributed by atoms with E-state index in [1.165, 1.54) is 23.5 Å². The second-order valence-corrected chi connectivity index (χ2v) is 7.63. The van der Waals surface area contributed by atoms with Gasteiger partial charge in [0.15, 0.2) is 0 Å². The van der Waals surface area contributed by atoms with Crippen molar-refractivity contribution in [2.75, 3.05) is 10.6 Å². The number of carbonyl (C=O) groups excluding carboxylic acids is 2. The first kappa shape index (κ1) is 18.8. The maximum absolute atomic E-state index is 13.0. The third-order valence-corrected chi connectivity index (χ3v) is 5.32. The lowest BCUT2D eigenvalue weighted by Gasteiger charge is -2.04. The average molecular weight is 408 g/mol. The predicted octanol–water partition coefficient (Wildman–Crippen LogP) is 4.51. The fourth-order valence-electron chi connectivity index (χ4n) is 2.90. The quantitative estimate of drug-likeness (QED) is 0.454. The van der Waals surface area contributed by atoms with Crippen LogP contribution in [0.15, 0.2) is 54.6 Å². The molecule has 0 aliphatic carbocycles. The molecule has 0 unspecified atom stereocenters. The summed E-state index contributed by atoms with van der Waals surface area (Å²) < 4.78 is 13.0. The van der Waals surface area contributed by atoms with Gasteiger partial charge in [0.05, 0.1) is 16.7 Å². The maximum atomic E-state index is 13.0. The van der Waals surface area contributed by atoms with E-state index in [-0.39, 0.29) is 24.1 Å². The first-order valence-corrected chi connectivity index (χ1v) is 9.70. The van der Waals surface area contributed by atoms with E-state index in [1.54, 1.807) is 18.2 Å². The lowest BCUT2D eigenvalue weighted by Crippen LogP contribution is -2.15. The van der Waals surface area contributed by atoms with Gasteiger partial charge in [-0.2, -0.15) is 5.10 Å². The van der Waals surface area contributed by atoms with Gasteiger partial charge in [-0.05, 0) is 48.4 Å². The molecule has 0 atom stereocenters. The summed E-state index contributed by atoms with van der Waals surface area (Å²) >= 11 is 1.23. The maximum Gasteiger partial charge on any atom is 0.265 e. The van der Waals surface area contributed by atoms with Gasteiger partial charge in [0.2, 0.25) is 5.91 Å². The van der Waals surface area contributed by atoms with Gasteiger partial charge in [-0.15, -0.1) is 11.3 Å². The molecule has 4 aromatic rings. The number of benzene rings is 2. The lowest BCUT2D eigenvalue weighted by atomic mass is 10.1. The van der Waals surface area contributed by atoms with E-state index in [4.69, 9.17) is 0 Å². The largest absolute Gasteiger partial charge is 0.321 e. The van der Waals surface area contributed by atoms with E-state index in [0.717, 1.165) is 11.3 Å². The Bertz CT molecular complexity index is 1200. The Labute approximate surface area is 169 Å². The zero-order chi connectivity index (χ0) is 20.4. The Morgan fingerprint density at radius 2 is 1.90 bits per heavy atom. The molecule has 0 bridgehead atoms. The first-order chi connectivity index (χ1) is 14.0. The van der Waals surface area contributed by atoms with Crippen molar-refractivity contribution in [2.45, 2.75) is 13.3 Å². The summed E-state index contributed by atoms with van der Waals surface area (Å²) in [6.45, 7) is 1.95. The number of aromatic amines is 1. The molecule has 8 heteroatoms. The van der Waals surface area contributed by atoms with Crippen molar-refractivity contribution >= 4 is 44.9 Å². The van der Waals surface area contributed by atoms with Crippen LogP contribution in [0.1, 0.15) is 20.8 Å². The SMILES string of the molecule is Cc1cccc(NC(=O)c2cc3c(NC(=O)Cc4ccc(F)cc4)[nH]nc3s2)c1. The van der Waals surface area contributed by atoms with E-state index in [0.29, 0.717) is 26.5 Å². The fraction of sp³-hybridized carbons (Fsp3) is 0.0952. The minimum absolute atomic E-state index is 0.103. The first-order valence-electron chi connectivity index (χ1n) is 8.88. The van der Waals surface area contributed by atoms with Gasteiger partial charge in [0.1, 0.15) is 16.5 Å². The number of H-pyrrole nitrogens is 1. The van der Waals surface area contributed by atoms with Crippen LogP contribution in [-0.2, 0) is 11.2 Å². The number of hydrogen-bond donors (Lipinski definition) is 3. The summed E-state index contributed by atoms with van der Waals surface area (Å²) in [5, 5.41) is 13.2. The third kappa shape index (κ3) is 4.33. The number of fused-ring (bicyclic) bond motifs is 1. The van der Waals surface area contributed by atoms with E-state index in [9.17, 15) is 14.0 Å². The molecule has 0 aliphatic rings. The van der Waals surface area contributed by atoms with Gasteiger partial charge in [0, 0.05) is 5.69 Å². The van der Waals surface area contributed by atoms with Crippen LogP contribution in [0.25, 0.3) is 10.2 Å². The van der Waals surface area contributed by atoms with Crippen LogP contribution >= 0.6 is 11.3 Å². The highest BCUT2D eigenvalue weighted by Crippen LogP contribution is 2.30. The minimum atomic E-state index is -0.348. The van der Waals surface area contributed by atoms with E-state index in [1.807, 2.05) is 31.2 Å². The topological polar surface area (TPSA) is 86.9 Å². The number of aromatic nitrogens is 2. The standard InChI is InChI=1S/C21H17FN4O2S/c1-12-3-2-4-15(9-12)23-20(28)17-11-16-19(25-26-21(16)29-17)24-18(27)10-13-5-7-14(22)8-6-13/h2-9,11H,10H2,1H3,(H,23,28)(H2,24,25,26,27). The molecule has 4 rings (SSSR count). The summed E-state index contributed by atoms with van der Waals surface area (Å²) in [5.41, 5.74) is 2.47. The highest BCUT2D eigenvalue weighted by atomic mass is 32.1. The Morgan fingerprint density at radius 1 is 1.10 bits per heavy atom. The molecular weight excluding hydrogens is 391 g/mol. The molecule has 0 radical (unpaired) electrons. The van der Waals surface area contributed by atoms with Crippen LogP contribution in [0.2, 0.25) is 0 Å². The van der Waals surface area contributed by atoms with Crippen LogP contribution in [-0.4, -0.2) is 22.0 Å². The molecule has 0 spiro atoms. The molecule has 2 aromatic heterocycles. The van der Waals surface area contributed by atoms with E-state index >= 15 is 0 Å². The molecule has 2 amide bonds. The summed E-state index contributed by atoms with van der Waals surface area (Å²) in [4.78, 5) is 25.9. The number of halogens is 1. The van der Waals surface area contributed by atoms with Crippen molar-refractivity contribution in [1.82, 2.24) is 10.2 Å². The van der Waals surface area contributed by atoms with Crippen LogP contribution in [0.4, 0.5) is 15.9 Å². The number of aryl methyl sites for hydroxylation is 1. The minimum Gasteiger partial charge on any atom is -0.321 e. The van der Waals surface area contributed by atoms with Crippen LogP contribution in [0.5, 0.6) is 0 Å². The van der Waals surface area contributed by atoms with Gasteiger partial charge in [-0.25, -0.2) is 4.39 Å². The Balaban J connectivity index is 1.47. The van der Waals surface area contributed by atoms with Crippen molar-refractivity contribution in [3.8, 4) is 0 Å². The van der Waals surface area contributed by atoms with Gasteiger partial charge in [-0.3, -0.25) is 14.7 Å². The molecule has 2 aromatic carbocycles. The number of rotatable bonds is 5. The van der Waals surface area contributed by atoms with Crippen molar-refractivity contribution in [3.05, 3.63) is 76.4 Å². The van der Waals surface area contributed by atoms with Crippen molar-refractivity contribution in [1.29, 1.82) is 0 Å². The van der Waals surface area contributed by atoms with Crippen LogP contribution < -0.4 is 10.6 Å². The molecule has 0 fully saturated rings. The number of nitrogens with one attached hydrogen (secondary N) is 3. The third-order valence-electron chi connectivity index (χ3n) is 4.29. The highest BCUT2D eigenvalue weighted by Gasteiger charge is 2.17. The van der Waals surface area contributed by atoms with Gasteiger partial charge in [-0.1, -0.05) is 24.3 Å². The Kier molecular flexibility index (Phi) is 5.09. The summed E-state index contributed by atoms with van der Waals surface area (Å²) in [7, 11) is 0. The molecule has 0 saturated heterocycles. The summed E-state index contributed by atoms with van der Waals surface area (Å²) in [5.74, 6) is -0.418. The molecule has 2 heterocycles. The summed E-state index contributed by atoms with van der Waals surface area (Å²) in [6.07, 6.45) is 0.103. The zero-order valence-electron chi connectivity index (χ0n) is 15.5. The van der Waals surface area contributed by atoms with E-state index < -0.39 is 0 Å². The Morgan fingerprint density at radius 3 is 2.66 bits per heavy atom. The highest BCUT2D eigenvalue weighted by molar-refractivity contribution is 7.20. The fourth-order valence-corrected chi connectivity index (χ4v) is 3.80. The van der Waals surface area contributed by atoms with Crippen molar-refractivity contribution in [2.24, 2.45) is 0 Å². The van der Waals surface area contributed by atoms with Crippen LogP contribution in [0.3, 0.4) is 0 Å². The lowest BCUT2D eigenvalue weighted by molar-refractivity contribution is -0.115. The number of amides is 2. The molecule has 0 aliphatic heterocycles. The van der Waals surface area contributed by atoms with Gasteiger partial charge >= 0.3 is 0 Å². The second kappa shape index (κ2) is 7.84.